The maximum atomic E-state index is 12.7. The second-order valence-corrected chi connectivity index (χ2v) is 11.2. The monoisotopic (exact) mass is 678 g/mol. The maximum absolute atomic E-state index is 12.7. The molecule has 18 heteroatoms. The molecule has 2 aliphatic heterocycles. The second-order valence-electron chi connectivity index (χ2n) is 11.2. The van der Waals surface area contributed by atoms with Crippen molar-refractivity contribution in [3.63, 3.8) is 0 Å². The minimum Gasteiger partial charge on any atom is -0.493 e. The van der Waals surface area contributed by atoms with Gasteiger partial charge in [-0.1, -0.05) is 6.08 Å². The Balaban J connectivity index is 1.66. The van der Waals surface area contributed by atoms with Crippen molar-refractivity contribution >= 4 is 18.0 Å². The molecule has 11 atom stereocenters. The Kier molecular flexibility index (Phi) is 13.7. The van der Waals surface area contributed by atoms with Gasteiger partial charge in [0.15, 0.2) is 17.8 Å². The summed E-state index contributed by atoms with van der Waals surface area (Å²) in [5.41, 5.74) is -1.32. The molecule has 0 unspecified atom stereocenters. The highest BCUT2D eigenvalue weighted by Gasteiger charge is 2.48. The predicted octanol–water partition coefficient (Wildman–Crippen LogP) is -3.12. The van der Waals surface area contributed by atoms with Crippen LogP contribution in [0.1, 0.15) is 25.3 Å². The van der Waals surface area contributed by atoms with Crippen LogP contribution < -0.4 is 14.2 Å². The van der Waals surface area contributed by atoms with E-state index in [1.165, 1.54) is 45.4 Å². The van der Waals surface area contributed by atoms with Gasteiger partial charge in [-0.2, -0.15) is 0 Å². The Bertz CT molecular complexity index is 1200. The van der Waals surface area contributed by atoms with Gasteiger partial charge in [-0.3, -0.25) is 9.59 Å². The van der Waals surface area contributed by atoms with E-state index in [2.05, 4.69) is 0 Å². The number of aliphatic hydroxyl groups is 8. The summed E-state index contributed by atoms with van der Waals surface area (Å²) in [6, 6.07) is 3.00. The van der Waals surface area contributed by atoms with E-state index in [0.29, 0.717) is 5.56 Å². The summed E-state index contributed by atoms with van der Waals surface area (Å²) < 4.78 is 37.9. The van der Waals surface area contributed by atoms with Gasteiger partial charge < -0.3 is 79.1 Å². The molecule has 0 amide bonds. The first-order valence-corrected chi connectivity index (χ1v) is 14.4. The molecule has 2 fully saturated rings. The molecular formula is C29H42O18. The van der Waals surface area contributed by atoms with Crippen LogP contribution in [-0.4, -0.2) is 159 Å². The third-order valence-corrected chi connectivity index (χ3v) is 7.51. The van der Waals surface area contributed by atoms with Crippen molar-refractivity contribution in [1.82, 2.24) is 0 Å². The first-order valence-electron chi connectivity index (χ1n) is 14.4. The van der Waals surface area contributed by atoms with E-state index >= 15 is 0 Å². The van der Waals surface area contributed by atoms with Gasteiger partial charge in [-0.05, 0) is 30.7 Å². The normalized spacial score (nSPS) is 32.4. The lowest BCUT2D eigenvalue weighted by Gasteiger charge is -2.42. The molecule has 1 aromatic carbocycles. The fourth-order valence-corrected chi connectivity index (χ4v) is 4.99. The van der Waals surface area contributed by atoms with E-state index in [1.807, 2.05) is 0 Å². The van der Waals surface area contributed by atoms with Gasteiger partial charge in [-0.25, -0.2) is 0 Å². The van der Waals surface area contributed by atoms with Crippen LogP contribution in [0.2, 0.25) is 0 Å². The molecule has 0 radical (unpaired) electrons. The fourth-order valence-electron chi connectivity index (χ4n) is 4.99. The Morgan fingerprint density at radius 1 is 0.809 bits per heavy atom. The number of carboxylic acids is 1. The van der Waals surface area contributed by atoms with Crippen molar-refractivity contribution in [3.8, 4) is 17.2 Å². The Morgan fingerprint density at radius 3 is 1.81 bits per heavy atom. The zero-order chi connectivity index (χ0) is 35.1. The quantitative estimate of drug-likeness (QED) is 0.0830. The van der Waals surface area contributed by atoms with E-state index in [4.69, 9.17) is 33.2 Å². The van der Waals surface area contributed by atoms with Crippen molar-refractivity contribution in [2.24, 2.45) is 0 Å². The predicted molar refractivity (Wildman–Crippen MR) is 154 cm³/mol. The number of hydrogen-bond donors (Lipinski definition) is 9. The Morgan fingerprint density at radius 2 is 1.32 bits per heavy atom. The smallest absolute Gasteiger partial charge is 0.309 e. The van der Waals surface area contributed by atoms with Crippen LogP contribution in [-0.2, 0) is 28.5 Å². The maximum Gasteiger partial charge on any atom is 0.309 e. The molecule has 3 rings (SSSR count). The molecule has 0 saturated carbocycles. The molecule has 9 N–H and O–H groups in total. The van der Waals surface area contributed by atoms with Crippen LogP contribution in [0.15, 0.2) is 18.2 Å². The summed E-state index contributed by atoms with van der Waals surface area (Å²) >= 11 is 0. The minimum atomic E-state index is -1.82. The van der Waals surface area contributed by atoms with Gasteiger partial charge in [-0.15, -0.1) is 0 Å². The third-order valence-electron chi connectivity index (χ3n) is 7.51. The molecule has 0 spiro atoms. The zero-order valence-corrected chi connectivity index (χ0v) is 25.8. The zero-order valence-electron chi connectivity index (χ0n) is 25.8. The van der Waals surface area contributed by atoms with E-state index in [0.717, 1.165) is 0 Å². The van der Waals surface area contributed by atoms with E-state index in [-0.39, 0.29) is 23.9 Å². The average molecular weight is 679 g/mol. The van der Waals surface area contributed by atoms with Crippen molar-refractivity contribution < 1.29 is 88.7 Å². The van der Waals surface area contributed by atoms with Crippen molar-refractivity contribution in [2.75, 3.05) is 34.0 Å². The van der Waals surface area contributed by atoms with Crippen LogP contribution in [0, 0.1) is 0 Å². The molecular weight excluding hydrogens is 636 g/mol. The number of methoxy groups -OCH3 is 2. The topological polar surface area (TPSA) is 281 Å². The number of carboxylic acid groups (broad SMARTS) is 1. The molecule has 266 valence electrons. The van der Waals surface area contributed by atoms with Crippen LogP contribution in [0.3, 0.4) is 0 Å². The standard InChI is InChI=1S/C29H42O18/c1-29(9-18(32)33,47-28-25(40)23(38)21(36)17(12-31)45-28)10-19(34)43-6-4-5-13-7-14(41-2)26(15(8-13)42-3)46-27-24(39)22(37)20(35)16(11-30)44-27/h4-5,7-8,16-17,20-25,27-28,30-31,35-40H,6,9-12H2,1-3H3,(H,32,33)/t16-,17-,20-,21-,22+,23+,24-,25-,27-,28-,29-/m1/s1. The van der Waals surface area contributed by atoms with Gasteiger partial charge in [0.1, 0.15) is 55.4 Å². The number of ether oxygens (including phenoxy) is 7. The van der Waals surface area contributed by atoms with Crippen molar-refractivity contribution in [1.29, 1.82) is 0 Å². The summed E-state index contributed by atoms with van der Waals surface area (Å²) in [5, 5.41) is 88.9. The number of esters is 1. The summed E-state index contributed by atoms with van der Waals surface area (Å²) in [7, 11) is 2.65. The lowest BCUT2D eigenvalue weighted by molar-refractivity contribution is -0.325. The van der Waals surface area contributed by atoms with Crippen molar-refractivity contribution in [3.05, 3.63) is 23.8 Å². The van der Waals surface area contributed by atoms with Gasteiger partial charge in [0.2, 0.25) is 12.0 Å². The Hall–Kier alpha value is -3.14. The highest BCUT2D eigenvalue weighted by molar-refractivity contribution is 5.74. The van der Waals surface area contributed by atoms with E-state index < -0.39 is 105 Å². The molecule has 2 heterocycles. The van der Waals surface area contributed by atoms with E-state index in [1.54, 1.807) is 0 Å². The summed E-state index contributed by atoms with van der Waals surface area (Å²) in [5.74, 6) is -2.06. The molecule has 2 saturated heterocycles. The SMILES string of the molecule is COc1cc(C=CCOC(=O)C[C@@](C)(CC(=O)O)O[C@H]2O[C@H](CO)[C@@H](O)[C@H](O)[C@H]2O)cc(OC)c1O[C@H]1O[C@H](CO)[C@@H](O)[C@H](O)[C@H]1O. The number of rotatable bonds is 15. The number of benzene rings is 1. The molecule has 0 aliphatic carbocycles. The van der Waals surface area contributed by atoms with E-state index in [9.17, 15) is 55.5 Å². The lowest BCUT2D eigenvalue weighted by Crippen LogP contribution is -2.60. The van der Waals surface area contributed by atoms with Gasteiger partial charge in [0.25, 0.3) is 0 Å². The molecule has 0 aromatic heterocycles. The number of carbonyl (C=O) groups excluding carboxylic acids is 1. The fraction of sp³-hybridized carbons (Fsp3) is 0.655. The number of hydrogen-bond acceptors (Lipinski definition) is 17. The minimum absolute atomic E-state index is 0.0278. The molecule has 18 nitrogen and oxygen atoms in total. The Labute approximate surface area is 268 Å². The number of carbonyl (C=O) groups is 2. The van der Waals surface area contributed by atoms with Crippen molar-refractivity contribution in [2.45, 2.75) is 86.8 Å². The second kappa shape index (κ2) is 16.8. The molecule has 2 aliphatic rings. The first-order chi connectivity index (χ1) is 22.2. The van der Waals surface area contributed by atoms with Gasteiger partial charge >= 0.3 is 11.9 Å². The van der Waals surface area contributed by atoms with Gasteiger partial charge in [0, 0.05) is 0 Å². The van der Waals surface area contributed by atoms with Crippen LogP contribution in [0.4, 0.5) is 0 Å². The first kappa shape index (κ1) is 38.3. The summed E-state index contributed by atoms with van der Waals surface area (Å²) in [6.07, 6.45) is -14.3. The van der Waals surface area contributed by atoms with Crippen LogP contribution in [0.5, 0.6) is 17.2 Å². The summed E-state index contributed by atoms with van der Waals surface area (Å²) in [4.78, 5) is 24.2. The molecule has 1 aromatic rings. The average Bonchev–Trinajstić information content (AvgIpc) is 3.03. The third kappa shape index (κ3) is 9.48. The van der Waals surface area contributed by atoms with Crippen LogP contribution >= 0.6 is 0 Å². The highest BCUT2D eigenvalue weighted by atomic mass is 16.7. The highest BCUT2D eigenvalue weighted by Crippen LogP contribution is 2.41. The lowest BCUT2D eigenvalue weighted by atomic mass is 9.95. The molecule has 47 heavy (non-hydrogen) atoms. The summed E-state index contributed by atoms with van der Waals surface area (Å²) in [6.45, 7) is -0.417. The molecule has 0 bridgehead atoms. The number of aliphatic hydroxyl groups excluding tert-OH is 8. The number of aliphatic carboxylic acids is 1. The van der Waals surface area contributed by atoms with Gasteiger partial charge in [0.05, 0.1) is 45.9 Å². The van der Waals surface area contributed by atoms with Crippen LogP contribution in [0.25, 0.3) is 6.08 Å². The largest absolute Gasteiger partial charge is 0.493 e.